The van der Waals surface area contributed by atoms with Crippen LogP contribution in [0.4, 0.5) is 0 Å². The number of carboxylic acid groups (broad SMARTS) is 2. The summed E-state index contributed by atoms with van der Waals surface area (Å²) >= 11 is 0. The van der Waals surface area contributed by atoms with Gasteiger partial charge in [-0.2, -0.15) is 0 Å². The van der Waals surface area contributed by atoms with E-state index in [1.54, 1.807) is 13.8 Å². The Labute approximate surface area is 174 Å². The van der Waals surface area contributed by atoms with Crippen LogP contribution in [0, 0.1) is 5.92 Å². The van der Waals surface area contributed by atoms with Gasteiger partial charge in [-0.1, -0.05) is 13.8 Å². The standard InChI is InChI=1S/C18H32N4O8/c1-8(2)7-12(18(29)30)21-17(28)14(10(4)23)22-16(27)11(5-6-13(24)25)20-15(26)9(3)19/h8-12,14,23H,5-7,19H2,1-4H3,(H,20,26)(H,21,28)(H,22,27)(H,24,25)(H,29,30). The zero-order valence-corrected chi connectivity index (χ0v) is 17.5. The first kappa shape index (κ1) is 27.3. The van der Waals surface area contributed by atoms with E-state index in [1.807, 2.05) is 0 Å². The van der Waals surface area contributed by atoms with Crippen molar-refractivity contribution in [2.75, 3.05) is 0 Å². The van der Waals surface area contributed by atoms with Crippen molar-refractivity contribution in [3.8, 4) is 0 Å². The molecule has 5 unspecified atom stereocenters. The van der Waals surface area contributed by atoms with E-state index >= 15 is 0 Å². The van der Waals surface area contributed by atoms with Gasteiger partial charge in [-0.3, -0.25) is 19.2 Å². The number of aliphatic hydroxyl groups is 1. The van der Waals surface area contributed by atoms with Crippen LogP contribution < -0.4 is 21.7 Å². The van der Waals surface area contributed by atoms with Crippen LogP contribution in [0.2, 0.25) is 0 Å². The van der Waals surface area contributed by atoms with Crippen LogP contribution in [0.5, 0.6) is 0 Å². The Kier molecular flexibility index (Phi) is 11.6. The van der Waals surface area contributed by atoms with Gasteiger partial charge in [-0.05, 0) is 32.6 Å². The second-order valence-electron chi connectivity index (χ2n) is 7.54. The van der Waals surface area contributed by atoms with Crippen LogP contribution in [0.3, 0.4) is 0 Å². The van der Waals surface area contributed by atoms with Crippen molar-refractivity contribution in [1.82, 2.24) is 16.0 Å². The maximum atomic E-state index is 12.6. The number of nitrogens with two attached hydrogens (primary N) is 1. The molecule has 8 N–H and O–H groups in total. The Morgan fingerprint density at radius 2 is 1.37 bits per heavy atom. The van der Waals surface area contributed by atoms with Crippen molar-refractivity contribution in [2.45, 2.75) is 77.2 Å². The molecule has 0 heterocycles. The molecular formula is C18H32N4O8. The summed E-state index contributed by atoms with van der Waals surface area (Å²) in [7, 11) is 0. The van der Waals surface area contributed by atoms with Gasteiger partial charge in [0.1, 0.15) is 18.1 Å². The second-order valence-corrected chi connectivity index (χ2v) is 7.54. The quantitative estimate of drug-likeness (QED) is 0.174. The fourth-order valence-corrected chi connectivity index (χ4v) is 2.45. The molecule has 5 atom stereocenters. The van der Waals surface area contributed by atoms with Crippen LogP contribution in [0.15, 0.2) is 0 Å². The van der Waals surface area contributed by atoms with Gasteiger partial charge in [-0.25, -0.2) is 4.79 Å². The summed E-state index contributed by atoms with van der Waals surface area (Å²) in [6.45, 7) is 6.12. The first-order valence-corrected chi connectivity index (χ1v) is 9.55. The van der Waals surface area contributed by atoms with Gasteiger partial charge in [0.25, 0.3) is 0 Å². The van der Waals surface area contributed by atoms with Gasteiger partial charge < -0.3 is 37.0 Å². The third kappa shape index (κ3) is 10.2. The predicted molar refractivity (Wildman–Crippen MR) is 105 cm³/mol. The molecule has 0 aliphatic heterocycles. The Morgan fingerprint density at radius 3 is 1.77 bits per heavy atom. The first-order valence-electron chi connectivity index (χ1n) is 9.55. The number of aliphatic carboxylic acids is 2. The second kappa shape index (κ2) is 12.8. The van der Waals surface area contributed by atoms with Gasteiger partial charge in [0.2, 0.25) is 17.7 Å². The molecule has 12 nitrogen and oxygen atoms in total. The maximum absolute atomic E-state index is 12.6. The lowest BCUT2D eigenvalue weighted by atomic mass is 10.0. The average Bonchev–Trinajstić information content (AvgIpc) is 2.60. The molecule has 0 aliphatic rings. The highest BCUT2D eigenvalue weighted by atomic mass is 16.4. The van der Waals surface area contributed by atoms with E-state index in [9.17, 15) is 34.2 Å². The molecule has 172 valence electrons. The fraction of sp³-hybridized carbons (Fsp3) is 0.722. The van der Waals surface area contributed by atoms with Crippen molar-refractivity contribution in [3.05, 3.63) is 0 Å². The number of hydrogen-bond acceptors (Lipinski definition) is 7. The van der Waals surface area contributed by atoms with Crippen molar-refractivity contribution in [2.24, 2.45) is 11.7 Å². The highest BCUT2D eigenvalue weighted by molar-refractivity contribution is 5.94. The zero-order chi connectivity index (χ0) is 23.6. The number of nitrogens with one attached hydrogen (secondary N) is 3. The Hall–Kier alpha value is -2.73. The molecule has 0 aromatic rings. The van der Waals surface area contributed by atoms with E-state index in [-0.39, 0.29) is 18.8 Å². The summed E-state index contributed by atoms with van der Waals surface area (Å²) in [6, 6.07) is -5.03. The lowest BCUT2D eigenvalue weighted by Gasteiger charge is -2.26. The maximum Gasteiger partial charge on any atom is 0.326 e. The van der Waals surface area contributed by atoms with Gasteiger partial charge in [0.15, 0.2) is 0 Å². The summed E-state index contributed by atoms with van der Waals surface area (Å²) < 4.78 is 0. The Bertz CT molecular complexity index is 636. The van der Waals surface area contributed by atoms with Gasteiger partial charge in [0, 0.05) is 6.42 Å². The fourth-order valence-electron chi connectivity index (χ4n) is 2.45. The van der Waals surface area contributed by atoms with Crippen LogP contribution in [-0.4, -0.2) is 75.3 Å². The summed E-state index contributed by atoms with van der Waals surface area (Å²) in [4.78, 5) is 59.0. The molecular weight excluding hydrogens is 400 g/mol. The number of aliphatic hydroxyl groups excluding tert-OH is 1. The van der Waals surface area contributed by atoms with E-state index in [0.29, 0.717) is 0 Å². The van der Waals surface area contributed by atoms with Gasteiger partial charge in [-0.15, -0.1) is 0 Å². The van der Waals surface area contributed by atoms with Crippen molar-refractivity contribution < 1.29 is 39.3 Å². The minimum absolute atomic E-state index is 0.0418. The zero-order valence-electron chi connectivity index (χ0n) is 17.5. The normalized spacial score (nSPS) is 16.0. The van der Waals surface area contributed by atoms with Crippen LogP contribution in [0.1, 0.15) is 47.0 Å². The van der Waals surface area contributed by atoms with Gasteiger partial charge >= 0.3 is 11.9 Å². The molecule has 0 rings (SSSR count). The number of carbonyl (C=O) groups excluding carboxylic acids is 3. The van der Waals surface area contributed by atoms with E-state index < -0.39 is 66.4 Å². The third-order valence-electron chi connectivity index (χ3n) is 4.08. The number of carboxylic acids is 2. The summed E-state index contributed by atoms with van der Waals surface area (Å²) in [5, 5.41) is 34.8. The van der Waals surface area contributed by atoms with E-state index in [2.05, 4.69) is 16.0 Å². The number of hydrogen-bond donors (Lipinski definition) is 7. The van der Waals surface area contributed by atoms with Crippen LogP contribution in [-0.2, 0) is 24.0 Å². The highest BCUT2D eigenvalue weighted by Crippen LogP contribution is 2.07. The lowest BCUT2D eigenvalue weighted by molar-refractivity contribution is -0.143. The average molecular weight is 432 g/mol. The molecule has 0 saturated carbocycles. The molecule has 3 amide bonds. The highest BCUT2D eigenvalue weighted by Gasteiger charge is 2.32. The number of carbonyl (C=O) groups is 5. The molecule has 0 spiro atoms. The molecule has 0 radical (unpaired) electrons. The van der Waals surface area contributed by atoms with E-state index in [1.165, 1.54) is 13.8 Å². The molecule has 0 aliphatic carbocycles. The SMILES string of the molecule is CC(C)CC(NC(=O)C(NC(=O)C(CCC(=O)O)NC(=O)C(C)N)C(C)O)C(=O)O. The summed E-state index contributed by atoms with van der Waals surface area (Å²) in [5.74, 6) is -5.06. The van der Waals surface area contributed by atoms with E-state index in [4.69, 9.17) is 10.8 Å². The molecule has 0 bridgehead atoms. The Balaban J connectivity index is 5.38. The third-order valence-corrected chi connectivity index (χ3v) is 4.08. The molecule has 12 heteroatoms. The first-order chi connectivity index (χ1) is 13.8. The lowest BCUT2D eigenvalue weighted by Crippen LogP contribution is -2.59. The molecule has 0 fully saturated rings. The van der Waals surface area contributed by atoms with Gasteiger partial charge in [0.05, 0.1) is 12.1 Å². The van der Waals surface area contributed by atoms with Crippen LogP contribution in [0.25, 0.3) is 0 Å². The van der Waals surface area contributed by atoms with Crippen molar-refractivity contribution >= 4 is 29.7 Å². The monoisotopic (exact) mass is 432 g/mol. The number of amides is 3. The smallest absolute Gasteiger partial charge is 0.326 e. The molecule has 0 aromatic carbocycles. The number of rotatable bonds is 13. The van der Waals surface area contributed by atoms with Crippen LogP contribution >= 0.6 is 0 Å². The van der Waals surface area contributed by atoms with Crippen molar-refractivity contribution in [1.29, 1.82) is 0 Å². The molecule has 0 saturated heterocycles. The minimum atomic E-state index is -1.52. The molecule has 0 aromatic heterocycles. The Morgan fingerprint density at radius 1 is 0.833 bits per heavy atom. The van der Waals surface area contributed by atoms with E-state index in [0.717, 1.165) is 0 Å². The summed E-state index contributed by atoms with van der Waals surface area (Å²) in [6.07, 6.45) is -1.99. The minimum Gasteiger partial charge on any atom is -0.481 e. The largest absolute Gasteiger partial charge is 0.481 e. The van der Waals surface area contributed by atoms with Crippen molar-refractivity contribution in [3.63, 3.8) is 0 Å². The topological polar surface area (TPSA) is 208 Å². The summed E-state index contributed by atoms with van der Waals surface area (Å²) in [5.41, 5.74) is 5.44. The predicted octanol–water partition coefficient (Wildman–Crippen LogP) is -1.84. The molecule has 30 heavy (non-hydrogen) atoms.